The van der Waals surface area contributed by atoms with Gasteiger partial charge in [0, 0.05) is 46.2 Å². The SMILES string of the molecule is CN(C)C(=O)N1CCC(Oc2cc(N3CCCCC3)ncn2)C1. The Kier molecular flexibility index (Phi) is 4.83. The zero-order valence-corrected chi connectivity index (χ0v) is 13.9. The Balaban J connectivity index is 1.59. The molecule has 0 spiro atoms. The Morgan fingerprint density at radius 2 is 2.00 bits per heavy atom. The highest BCUT2D eigenvalue weighted by molar-refractivity contribution is 5.74. The van der Waals surface area contributed by atoms with Gasteiger partial charge in [-0.15, -0.1) is 0 Å². The maximum Gasteiger partial charge on any atom is 0.319 e. The molecule has 23 heavy (non-hydrogen) atoms. The first-order chi connectivity index (χ1) is 11.1. The first kappa shape index (κ1) is 15.8. The lowest BCUT2D eigenvalue weighted by Gasteiger charge is -2.27. The molecule has 3 rings (SSSR count). The minimum atomic E-state index is 0.00278. The third-order valence-electron chi connectivity index (χ3n) is 4.39. The number of hydrogen-bond donors (Lipinski definition) is 0. The van der Waals surface area contributed by atoms with E-state index in [1.54, 1.807) is 25.3 Å². The minimum absolute atomic E-state index is 0.00278. The van der Waals surface area contributed by atoms with Gasteiger partial charge in [-0.25, -0.2) is 14.8 Å². The van der Waals surface area contributed by atoms with Crippen LogP contribution in [0.3, 0.4) is 0 Å². The first-order valence-electron chi connectivity index (χ1n) is 8.33. The summed E-state index contributed by atoms with van der Waals surface area (Å²) in [6, 6.07) is 1.95. The van der Waals surface area contributed by atoms with Crippen molar-refractivity contribution in [1.29, 1.82) is 0 Å². The third-order valence-corrected chi connectivity index (χ3v) is 4.39. The number of ether oxygens (including phenoxy) is 1. The number of rotatable bonds is 3. The average molecular weight is 319 g/mol. The summed E-state index contributed by atoms with van der Waals surface area (Å²) >= 11 is 0. The minimum Gasteiger partial charge on any atom is -0.472 e. The second kappa shape index (κ2) is 7.02. The molecule has 1 aromatic heterocycles. The van der Waals surface area contributed by atoms with Crippen molar-refractivity contribution in [1.82, 2.24) is 19.8 Å². The number of likely N-dealkylation sites (tertiary alicyclic amines) is 1. The molecule has 0 saturated carbocycles. The fourth-order valence-electron chi connectivity index (χ4n) is 3.14. The van der Waals surface area contributed by atoms with E-state index in [2.05, 4.69) is 14.9 Å². The van der Waals surface area contributed by atoms with E-state index in [0.717, 1.165) is 31.9 Å². The Hall–Kier alpha value is -2.05. The summed E-state index contributed by atoms with van der Waals surface area (Å²) in [7, 11) is 3.54. The van der Waals surface area contributed by atoms with Crippen molar-refractivity contribution >= 4 is 11.8 Å². The number of amides is 2. The van der Waals surface area contributed by atoms with Crippen LogP contribution in [-0.2, 0) is 0 Å². The molecule has 1 atom stereocenters. The topological polar surface area (TPSA) is 61.8 Å². The van der Waals surface area contributed by atoms with Crippen LogP contribution in [0.2, 0.25) is 0 Å². The smallest absolute Gasteiger partial charge is 0.319 e. The maximum atomic E-state index is 12.0. The molecule has 2 fully saturated rings. The first-order valence-corrected chi connectivity index (χ1v) is 8.33. The van der Waals surface area contributed by atoms with E-state index in [-0.39, 0.29) is 12.1 Å². The molecule has 2 aliphatic rings. The van der Waals surface area contributed by atoms with Gasteiger partial charge in [-0.3, -0.25) is 0 Å². The molecule has 7 nitrogen and oxygen atoms in total. The van der Waals surface area contributed by atoms with Gasteiger partial charge in [0.25, 0.3) is 0 Å². The van der Waals surface area contributed by atoms with E-state index in [9.17, 15) is 4.79 Å². The largest absolute Gasteiger partial charge is 0.472 e. The lowest BCUT2D eigenvalue weighted by Crippen LogP contribution is -2.38. The lowest BCUT2D eigenvalue weighted by molar-refractivity contribution is 0.165. The van der Waals surface area contributed by atoms with Crippen LogP contribution in [0.4, 0.5) is 10.6 Å². The van der Waals surface area contributed by atoms with Crippen molar-refractivity contribution in [3.63, 3.8) is 0 Å². The number of anilines is 1. The summed E-state index contributed by atoms with van der Waals surface area (Å²) in [6.45, 7) is 3.43. The molecule has 0 aliphatic carbocycles. The fourth-order valence-corrected chi connectivity index (χ4v) is 3.14. The van der Waals surface area contributed by atoms with Crippen molar-refractivity contribution in [2.24, 2.45) is 0 Å². The van der Waals surface area contributed by atoms with E-state index in [4.69, 9.17) is 4.74 Å². The van der Waals surface area contributed by atoms with Gasteiger partial charge in [0.1, 0.15) is 18.2 Å². The summed E-state index contributed by atoms with van der Waals surface area (Å²) < 4.78 is 5.98. The molecule has 1 aromatic rings. The molecular weight excluding hydrogens is 294 g/mol. The molecule has 2 aliphatic heterocycles. The Morgan fingerprint density at radius 1 is 1.22 bits per heavy atom. The molecule has 3 heterocycles. The van der Waals surface area contributed by atoms with Crippen LogP contribution >= 0.6 is 0 Å². The molecular formula is C16H25N5O2. The number of carbonyl (C=O) groups is 1. The summed E-state index contributed by atoms with van der Waals surface area (Å²) in [5.41, 5.74) is 0. The molecule has 2 amide bonds. The maximum absolute atomic E-state index is 12.0. The van der Waals surface area contributed by atoms with Gasteiger partial charge < -0.3 is 19.4 Å². The highest BCUT2D eigenvalue weighted by Crippen LogP contribution is 2.22. The van der Waals surface area contributed by atoms with E-state index in [0.29, 0.717) is 12.4 Å². The quantitative estimate of drug-likeness (QED) is 0.847. The summed E-state index contributed by atoms with van der Waals surface area (Å²) in [4.78, 5) is 26.3. The van der Waals surface area contributed by atoms with Gasteiger partial charge in [0.05, 0.1) is 6.54 Å². The molecule has 0 aromatic carbocycles. The van der Waals surface area contributed by atoms with Gasteiger partial charge >= 0.3 is 6.03 Å². The van der Waals surface area contributed by atoms with Crippen LogP contribution in [-0.4, -0.2) is 72.2 Å². The highest BCUT2D eigenvalue weighted by Gasteiger charge is 2.29. The normalized spacial score (nSPS) is 21.4. The van der Waals surface area contributed by atoms with Gasteiger partial charge in [-0.05, 0) is 19.3 Å². The molecule has 126 valence electrons. The lowest BCUT2D eigenvalue weighted by atomic mass is 10.1. The van der Waals surface area contributed by atoms with E-state index >= 15 is 0 Å². The number of aromatic nitrogens is 2. The van der Waals surface area contributed by atoms with Gasteiger partial charge in [-0.1, -0.05) is 0 Å². The van der Waals surface area contributed by atoms with E-state index in [1.165, 1.54) is 19.3 Å². The average Bonchev–Trinajstić information content (AvgIpc) is 3.03. The number of hydrogen-bond acceptors (Lipinski definition) is 5. The van der Waals surface area contributed by atoms with Crippen LogP contribution in [0.15, 0.2) is 12.4 Å². The zero-order chi connectivity index (χ0) is 16.2. The van der Waals surface area contributed by atoms with Crippen LogP contribution < -0.4 is 9.64 Å². The van der Waals surface area contributed by atoms with Crippen molar-refractivity contribution in [2.45, 2.75) is 31.8 Å². The summed E-state index contributed by atoms with van der Waals surface area (Å²) in [6.07, 6.45) is 6.13. The number of nitrogens with zero attached hydrogens (tertiary/aromatic N) is 5. The van der Waals surface area contributed by atoms with Gasteiger partial charge in [0.15, 0.2) is 0 Å². The van der Waals surface area contributed by atoms with Crippen molar-refractivity contribution < 1.29 is 9.53 Å². The van der Waals surface area contributed by atoms with Gasteiger partial charge in [0.2, 0.25) is 5.88 Å². The highest BCUT2D eigenvalue weighted by atomic mass is 16.5. The Morgan fingerprint density at radius 3 is 2.74 bits per heavy atom. The number of urea groups is 1. The van der Waals surface area contributed by atoms with E-state index < -0.39 is 0 Å². The Labute approximate surface area is 137 Å². The molecule has 2 saturated heterocycles. The van der Waals surface area contributed by atoms with Crippen LogP contribution in [0.5, 0.6) is 5.88 Å². The number of carbonyl (C=O) groups excluding carboxylic acids is 1. The molecule has 0 N–H and O–H groups in total. The third kappa shape index (κ3) is 3.83. The Bertz CT molecular complexity index is 545. The predicted octanol–water partition coefficient (Wildman–Crippen LogP) is 1.60. The molecule has 0 radical (unpaired) electrons. The summed E-state index contributed by atoms with van der Waals surface area (Å²) in [5.74, 6) is 1.54. The second-order valence-corrected chi connectivity index (χ2v) is 6.41. The monoisotopic (exact) mass is 319 g/mol. The summed E-state index contributed by atoms with van der Waals surface area (Å²) in [5, 5.41) is 0. The zero-order valence-electron chi connectivity index (χ0n) is 13.9. The fraction of sp³-hybridized carbons (Fsp3) is 0.688. The molecule has 1 unspecified atom stereocenters. The van der Waals surface area contributed by atoms with Crippen LogP contribution in [0, 0.1) is 0 Å². The van der Waals surface area contributed by atoms with Crippen LogP contribution in [0.1, 0.15) is 25.7 Å². The standard InChI is InChI=1S/C16H25N5O2/c1-19(2)16(22)21-9-6-13(11-21)23-15-10-14(17-12-18-15)20-7-4-3-5-8-20/h10,12-13H,3-9,11H2,1-2H3. The molecule has 7 heteroatoms. The van der Waals surface area contributed by atoms with Crippen molar-refractivity contribution in [3.05, 3.63) is 12.4 Å². The van der Waals surface area contributed by atoms with Crippen LogP contribution in [0.25, 0.3) is 0 Å². The second-order valence-electron chi connectivity index (χ2n) is 6.41. The number of piperidine rings is 1. The van der Waals surface area contributed by atoms with E-state index in [1.807, 2.05) is 11.0 Å². The predicted molar refractivity (Wildman–Crippen MR) is 87.8 cm³/mol. The van der Waals surface area contributed by atoms with Gasteiger partial charge in [-0.2, -0.15) is 0 Å². The molecule has 0 bridgehead atoms. The van der Waals surface area contributed by atoms with Crippen molar-refractivity contribution in [3.8, 4) is 5.88 Å². The van der Waals surface area contributed by atoms with Crippen molar-refractivity contribution in [2.75, 3.05) is 45.2 Å².